The van der Waals surface area contributed by atoms with Crippen LogP contribution in [0.2, 0.25) is 5.02 Å². The average molecular weight is 385 g/mol. The van der Waals surface area contributed by atoms with E-state index >= 15 is 0 Å². The molecule has 3 aromatic rings. The van der Waals surface area contributed by atoms with Gasteiger partial charge in [-0.15, -0.1) is 11.3 Å². The van der Waals surface area contributed by atoms with Crippen molar-refractivity contribution in [2.75, 3.05) is 5.32 Å². The number of fused-ring (bicyclic) bond motifs is 1. The van der Waals surface area contributed by atoms with E-state index in [1.54, 1.807) is 6.07 Å². The van der Waals surface area contributed by atoms with E-state index in [-0.39, 0.29) is 5.69 Å². The van der Waals surface area contributed by atoms with E-state index < -0.39 is 11.7 Å². The molecule has 0 aliphatic carbocycles. The maximum absolute atomic E-state index is 13.8. The summed E-state index contributed by atoms with van der Waals surface area (Å²) in [6.45, 7) is 0. The van der Waals surface area contributed by atoms with Crippen LogP contribution < -0.4 is 5.32 Å². The number of halogens is 3. The molecule has 0 aliphatic rings. The van der Waals surface area contributed by atoms with Crippen molar-refractivity contribution < 1.29 is 9.18 Å². The molecule has 0 unspecified atom stereocenters. The summed E-state index contributed by atoms with van der Waals surface area (Å²) >= 11 is 10.7. The van der Waals surface area contributed by atoms with Crippen LogP contribution in [-0.4, -0.2) is 5.91 Å². The summed E-state index contributed by atoms with van der Waals surface area (Å²) in [6, 6.07) is 11.9. The van der Waals surface area contributed by atoms with E-state index in [1.165, 1.54) is 23.5 Å². The highest BCUT2D eigenvalue weighted by atomic mass is 79.9. The number of hydrogen-bond donors (Lipinski definition) is 1. The molecule has 1 N–H and O–H groups in total. The van der Waals surface area contributed by atoms with E-state index in [0.29, 0.717) is 14.4 Å². The van der Waals surface area contributed by atoms with Gasteiger partial charge in [-0.25, -0.2) is 4.39 Å². The highest BCUT2D eigenvalue weighted by Crippen LogP contribution is 2.35. The van der Waals surface area contributed by atoms with Gasteiger partial charge in [0, 0.05) is 14.6 Å². The lowest BCUT2D eigenvalue weighted by Gasteiger charge is -2.05. The third-order valence-electron chi connectivity index (χ3n) is 2.92. The Morgan fingerprint density at radius 1 is 1.24 bits per heavy atom. The Hall–Kier alpha value is -1.43. The van der Waals surface area contributed by atoms with Gasteiger partial charge in [0.1, 0.15) is 10.7 Å². The van der Waals surface area contributed by atoms with Crippen LogP contribution >= 0.6 is 38.9 Å². The Balaban J connectivity index is 1.95. The number of thiophene rings is 1. The van der Waals surface area contributed by atoms with E-state index in [9.17, 15) is 9.18 Å². The smallest absolute Gasteiger partial charge is 0.267 e. The van der Waals surface area contributed by atoms with Crippen molar-refractivity contribution in [2.45, 2.75) is 0 Å². The van der Waals surface area contributed by atoms with Gasteiger partial charge in [-0.05, 0) is 24.3 Å². The number of anilines is 1. The maximum Gasteiger partial charge on any atom is 0.267 e. The molecule has 2 nitrogen and oxygen atoms in total. The van der Waals surface area contributed by atoms with Crippen molar-refractivity contribution >= 4 is 60.5 Å². The van der Waals surface area contributed by atoms with Crippen molar-refractivity contribution in [1.29, 1.82) is 0 Å². The third kappa shape index (κ3) is 2.81. The zero-order valence-electron chi connectivity index (χ0n) is 10.5. The first kappa shape index (κ1) is 14.5. The quantitative estimate of drug-likeness (QED) is 0.602. The minimum absolute atomic E-state index is 0.122. The summed E-state index contributed by atoms with van der Waals surface area (Å²) in [6.07, 6.45) is 0. The summed E-state index contributed by atoms with van der Waals surface area (Å²) in [5.74, 6) is -0.919. The first-order valence-electron chi connectivity index (χ1n) is 5.99. The Bertz CT molecular complexity index is 849. The summed E-state index contributed by atoms with van der Waals surface area (Å²) < 4.78 is 15.3. The molecule has 1 aromatic heterocycles. The highest BCUT2D eigenvalue weighted by molar-refractivity contribution is 9.10. The zero-order valence-corrected chi connectivity index (χ0v) is 13.7. The summed E-state index contributed by atoms with van der Waals surface area (Å²) in [5.41, 5.74) is 0.122. The van der Waals surface area contributed by atoms with Crippen LogP contribution in [0.3, 0.4) is 0 Å². The second-order valence-electron chi connectivity index (χ2n) is 4.32. The molecule has 6 heteroatoms. The van der Waals surface area contributed by atoms with Gasteiger partial charge >= 0.3 is 0 Å². The molecule has 1 heterocycles. The molecule has 0 spiro atoms. The average Bonchev–Trinajstić information content (AvgIpc) is 2.80. The highest BCUT2D eigenvalue weighted by Gasteiger charge is 2.18. The number of benzene rings is 2. The van der Waals surface area contributed by atoms with Crippen LogP contribution in [0.4, 0.5) is 10.1 Å². The van der Waals surface area contributed by atoms with Gasteiger partial charge in [-0.3, -0.25) is 4.79 Å². The maximum atomic E-state index is 13.8. The molecule has 106 valence electrons. The van der Waals surface area contributed by atoms with Crippen molar-refractivity contribution in [2.24, 2.45) is 0 Å². The molecule has 0 saturated heterocycles. The van der Waals surface area contributed by atoms with Gasteiger partial charge < -0.3 is 5.32 Å². The molecule has 0 fully saturated rings. The summed E-state index contributed by atoms with van der Waals surface area (Å²) in [7, 11) is 0. The van der Waals surface area contributed by atoms with E-state index in [0.717, 1.165) is 10.1 Å². The molecule has 0 bridgehead atoms. The first-order chi connectivity index (χ1) is 10.1. The van der Waals surface area contributed by atoms with E-state index in [4.69, 9.17) is 11.6 Å². The van der Waals surface area contributed by atoms with Crippen molar-refractivity contribution in [3.8, 4) is 0 Å². The van der Waals surface area contributed by atoms with Gasteiger partial charge in [0.15, 0.2) is 0 Å². The fourth-order valence-corrected chi connectivity index (χ4v) is 3.68. The lowest BCUT2D eigenvalue weighted by molar-refractivity contribution is 0.103. The molecule has 21 heavy (non-hydrogen) atoms. The van der Waals surface area contributed by atoms with E-state index in [1.807, 2.05) is 24.3 Å². The van der Waals surface area contributed by atoms with Crippen molar-refractivity contribution in [3.63, 3.8) is 0 Å². The fraction of sp³-hybridized carbons (Fsp3) is 0. The van der Waals surface area contributed by atoms with Crippen molar-refractivity contribution in [1.82, 2.24) is 0 Å². The molecule has 3 rings (SSSR count). The van der Waals surface area contributed by atoms with Crippen LogP contribution in [0.5, 0.6) is 0 Å². The lowest BCUT2D eigenvalue weighted by Crippen LogP contribution is -2.11. The van der Waals surface area contributed by atoms with Gasteiger partial charge in [0.05, 0.1) is 10.7 Å². The Morgan fingerprint density at radius 2 is 2.00 bits per heavy atom. The van der Waals surface area contributed by atoms with Crippen LogP contribution in [0.25, 0.3) is 10.1 Å². The molecule has 0 aliphatic heterocycles. The minimum atomic E-state index is -0.505. The summed E-state index contributed by atoms with van der Waals surface area (Å²) in [4.78, 5) is 12.7. The number of carbonyl (C=O) groups is 1. The van der Waals surface area contributed by atoms with Crippen LogP contribution in [0, 0.1) is 5.82 Å². The monoisotopic (exact) mass is 383 g/mol. The molecular weight excluding hydrogens is 377 g/mol. The Morgan fingerprint density at radius 3 is 2.71 bits per heavy atom. The standard InChI is InChI=1S/C15H8BrClFNOS/c16-8-5-6-11(10(18)7-8)19-15(20)14-13(17)9-3-1-2-4-12(9)21-14/h1-7H,(H,19,20). The molecule has 0 atom stereocenters. The zero-order chi connectivity index (χ0) is 15.0. The number of carbonyl (C=O) groups excluding carboxylic acids is 1. The molecule has 2 aromatic carbocycles. The second-order valence-corrected chi connectivity index (χ2v) is 6.67. The van der Waals surface area contributed by atoms with E-state index in [2.05, 4.69) is 21.2 Å². The van der Waals surface area contributed by atoms with Gasteiger partial charge in [-0.1, -0.05) is 45.7 Å². The lowest BCUT2D eigenvalue weighted by atomic mass is 10.2. The minimum Gasteiger partial charge on any atom is -0.319 e. The predicted octanol–water partition coefficient (Wildman–Crippen LogP) is 5.71. The fourth-order valence-electron chi connectivity index (χ4n) is 1.93. The molecule has 0 radical (unpaired) electrons. The predicted molar refractivity (Wildman–Crippen MR) is 88.9 cm³/mol. The normalized spacial score (nSPS) is 10.8. The molecule has 1 amide bonds. The first-order valence-corrected chi connectivity index (χ1v) is 7.98. The van der Waals surface area contributed by atoms with Crippen LogP contribution in [-0.2, 0) is 0 Å². The van der Waals surface area contributed by atoms with Gasteiger partial charge in [0.25, 0.3) is 5.91 Å². The number of rotatable bonds is 2. The topological polar surface area (TPSA) is 29.1 Å². The number of amides is 1. The molecular formula is C15H8BrClFNOS. The second kappa shape index (κ2) is 5.75. The summed E-state index contributed by atoms with van der Waals surface area (Å²) in [5, 5.41) is 3.77. The Kier molecular flexibility index (Phi) is 3.97. The van der Waals surface area contributed by atoms with Crippen LogP contribution in [0.15, 0.2) is 46.9 Å². The SMILES string of the molecule is O=C(Nc1ccc(Br)cc1F)c1sc2ccccc2c1Cl. The van der Waals surface area contributed by atoms with Crippen LogP contribution in [0.1, 0.15) is 9.67 Å². The number of hydrogen-bond acceptors (Lipinski definition) is 2. The largest absolute Gasteiger partial charge is 0.319 e. The van der Waals surface area contributed by atoms with Gasteiger partial charge in [-0.2, -0.15) is 0 Å². The molecule has 0 saturated carbocycles. The van der Waals surface area contributed by atoms with Gasteiger partial charge in [0.2, 0.25) is 0 Å². The Labute approximate surface area is 137 Å². The number of nitrogens with one attached hydrogen (secondary N) is 1. The van der Waals surface area contributed by atoms with Crippen molar-refractivity contribution in [3.05, 3.63) is 62.7 Å². The third-order valence-corrected chi connectivity index (χ3v) is 5.09.